The predicted molar refractivity (Wildman–Crippen MR) is 129 cm³/mol. The van der Waals surface area contributed by atoms with Gasteiger partial charge in [-0.3, -0.25) is 9.59 Å². The van der Waals surface area contributed by atoms with E-state index in [2.05, 4.69) is 21.3 Å². The minimum Gasteiger partial charge on any atom is -0.457 e. The smallest absolute Gasteiger partial charge is 0.408 e. The van der Waals surface area contributed by atoms with Crippen LogP contribution in [0.1, 0.15) is 32.8 Å². The van der Waals surface area contributed by atoms with Crippen molar-refractivity contribution in [2.45, 2.75) is 51.8 Å². The van der Waals surface area contributed by atoms with E-state index in [9.17, 15) is 14.4 Å². The quantitative estimate of drug-likeness (QED) is 0.496. The number of aryl methyl sites for hydroxylation is 1. The van der Waals surface area contributed by atoms with E-state index in [0.717, 1.165) is 11.3 Å². The average Bonchev–Trinajstić information content (AvgIpc) is 3.23. The van der Waals surface area contributed by atoms with Gasteiger partial charge in [0.2, 0.25) is 11.8 Å². The monoisotopic (exact) mass is 468 g/mol. The molecule has 2 atom stereocenters. The zero-order valence-corrected chi connectivity index (χ0v) is 19.9. The maximum absolute atomic E-state index is 12.6. The minimum absolute atomic E-state index is 0.184. The Morgan fingerprint density at radius 2 is 1.62 bits per heavy atom. The average molecular weight is 469 g/mol. The molecule has 1 aliphatic heterocycles. The van der Waals surface area contributed by atoms with Crippen LogP contribution in [0, 0.1) is 6.92 Å². The lowest BCUT2D eigenvalue weighted by Gasteiger charge is -2.19. The predicted octanol–water partition coefficient (Wildman–Crippen LogP) is 3.10. The third-order valence-electron chi connectivity index (χ3n) is 4.98. The molecule has 3 amide bonds. The van der Waals surface area contributed by atoms with Gasteiger partial charge in [0.05, 0.1) is 6.04 Å². The Hall–Kier alpha value is -3.59. The van der Waals surface area contributed by atoms with Gasteiger partial charge in [0.15, 0.2) is 0 Å². The second-order valence-electron chi connectivity index (χ2n) is 9.25. The van der Waals surface area contributed by atoms with Crippen LogP contribution in [0.2, 0.25) is 0 Å². The van der Waals surface area contributed by atoms with Crippen molar-refractivity contribution in [1.29, 1.82) is 0 Å². The van der Waals surface area contributed by atoms with Gasteiger partial charge in [-0.05, 0) is 70.5 Å². The molecular weight excluding hydrogens is 436 g/mol. The Morgan fingerprint density at radius 1 is 1.00 bits per heavy atom. The summed E-state index contributed by atoms with van der Waals surface area (Å²) in [6.07, 6.45) is -0.210. The summed E-state index contributed by atoms with van der Waals surface area (Å²) in [6, 6.07) is 14.2. The standard InChI is InChI=1S/C25H32N4O5/c1-16-5-9-19(10-6-16)33-20-11-7-17(8-12-20)29-23(31)21-13-18(14-26-21)28-22(30)15-27-24(32)34-25(2,3)4/h5-12,18,21,26H,13-15H2,1-4H3,(H,27,32)(H,28,30)(H,29,31)/t18-,21+/m1/s1. The van der Waals surface area contributed by atoms with Crippen LogP contribution in [-0.2, 0) is 14.3 Å². The maximum Gasteiger partial charge on any atom is 0.408 e. The lowest BCUT2D eigenvalue weighted by Crippen LogP contribution is -2.44. The van der Waals surface area contributed by atoms with Crippen molar-refractivity contribution >= 4 is 23.6 Å². The molecule has 3 rings (SSSR count). The molecular formula is C25H32N4O5. The summed E-state index contributed by atoms with van der Waals surface area (Å²) in [5.41, 5.74) is 1.17. The van der Waals surface area contributed by atoms with Gasteiger partial charge in [-0.1, -0.05) is 17.7 Å². The number of hydrogen-bond donors (Lipinski definition) is 4. The second-order valence-corrected chi connectivity index (χ2v) is 9.25. The van der Waals surface area contributed by atoms with Gasteiger partial charge in [-0.25, -0.2) is 4.79 Å². The van der Waals surface area contributed by atoms with Gasteiger partial charge in [0.25, 0.3) is 0 Å². The van der Waals surface area contributed by atoms with Crippen LogP contribution in [0.25, 0.3) is 0 Å². The lowest BCUT2D eigenvalue weighted by atomic mass is 10.1. The fourth-order valence-corrected chi connectivity index (χ4v) is 3.37. The second kappa shape index (κ2) is 11.0. The number of nitrogens with one attached hydrogen (secondary N) is 4. The topological polar surface area (TPSA) is 118 Å². The number of amides is 3. The number of alkyl carbamates (subject to hydrolysis) is 1. The van der Waals surface area contributed by atoms with E-state index in [1.54, 1.807) is 45.0 Å². The Balaban J connectivity index is 1.41. The van der Waals surface area contributed by atoms with Gasteiger partial charge < -0.3 is 30.7 Å². The first kappa shape index (κ1) is 25.0. The molecule has 0 radical (unpaired) electrons. The highest BCUT2D eigenvalue weighted by Gasteiger charge is 2.30. The fraction of sp³-hybridized carbons (Fsp3) is 0.400. The minimum atomic E-state index is -0.653. The third-order valence-corrected chi connectivity index (χ3v) is 4.98. The van der Waals surface area contributed by atoms with Crippen molar-refractivity contribution in [2.24, 2.45) is 0 Å². The van der Waals surface area contributed by atoms with Crippen molar-refractivity contribution in [3.8, 4) is 11.5 Å². The normalized spacial score (nSPS) is 17.5. The molecule has 0 aliphatic carbocycles. The molecule has 1 fully saturated rings. The number of benzene rings is 2. The number of carbonyl (C=O) groups excluding carboxylic acids is 3. The first-order valence-electron chi connectivity index (χ1n) is 11.2. The molecule has 1 aliphatic rings. The van der Waals surface area contributed by atoms with Crippen LogP contribution >= 0.6 is 0 Å². The zero-order chi connectivity index (χ0) is 24.7. The lowest BCUT2D eigenvalue weighted by molar-refractivity contribution is -0.121. The van der Waals surface area contributed by atoms with Crippen molar-refractivity contribution in [3.05, 3.63) is 54.1 Å². The largest absolute Gasteiger partial charge is 0.457 e. The number of ether oxygens (including phenoxy) is 2. The molecule has 4 N–H and O–H groups in total. The van der Waals surface area contributed by atoms with E-state index in [0.29, 0.717) is 24.4 Å². The number of rotatable bonds is 7. The third kappa shape index (κ3) is 8.08. The van der Waals surface area contributed by atoms with E-state index in [1.165, 1.54) is 0 Å². The van der Waals surface area contributed by atoms with Crippen LogP contribution in [0.4, 0.5) is 10.5 Å². The molecule has 9 heteroatoms. The van der Waals surface area contributed by atoms with Gasteiger partial charge in [-0.15, -0.1) is 0 Å². The molecule has 0 bridgehead atoms. The molecule has 0 spiro atoms. The van der Waals surface area contributed by atoms with Crippen LogP contribution in [0.15, 0.2) is 48.5 Å². The molecule has 0 saturated carbocycles. The first-order chi connectivity index (χ1) is 16.1. The molecule has 1 heterocycles. The van der Waals surface area contributed by atoms with E-state index < -0.39 is 17.7 Å². The Kier molecular flexibility index (Phi) is 8.12. The van der Waals surface area contributed by atoms with E-state index >= 15 is 0 Å². The number of carbonyl (C=O) groups is 3. The van der Waals surface area contributed by atoms with Gasteiger partial charge >= 0.3 is 6.09 Å². The molecule has 0 unspecified atom stereocenters. The molecule has 0 aromatic heterocycles. The highest BCUT2D eigenvalue weighted by atomic mass is 16.6. The SMILES string of the molecule is Cc1ccc(Oc2ccc(NC(=O)[C@@H]3C[C@@H](NC(=O)CNC(=O)OC(C)(C)C)CN3)cc2)cc1. The molecule has 1 saturated heterocycles. The van der Waals surface area contributed by atoms with E-state index in [1.807, 2.05) is 31.2 Å². The Bertz CT molecular complexity index is 999. The van der Waals surface area contributed by atoms with E-state index in [4.69, 9.17) is 9.47 Å². The molecule has 2 aromatic carbocycles. The van der Waals surface area contributed by atoms with Crippen molar-refractivity contribution in [3.63, 3.8) is 0 Å². The van der Waals surface area contributed by atoms with Crippen molar-refractivity contribution in [1.82, 2.24) is 16.0 Å². The Morgan fingerprint density at radius 3 is 2.24 bits per heavy atom. The maximum atomic E-state index is 12.6. The fourth-order valence-electron chi connectivity index (χ4n) is 3.37. The van der Waals surface area contributed by atoms with Gasteiger partial charge in [0.1, 0.15) is 23.6 Å². The zero-order valence-electron chi connectivity index (χ0n) is 19.9. The molecule has 182 valence electrons. The molecule has 34 heavy (non-hydrogen) atoms. The summed E-state index contributed by atoms with van der Waals surface area (Å²) in [7, 11) is 0. The highest BCUT2D eigenvalue weighted by molar-refractivity contribution is 5.95. The summed E-state index contributed by atoms with van der Waals surface area (Å²) in [5, 5.41) is 11.2. The summed E-state index contributed by atoms with van der Waals surface area (Å²) < 4.78 is 10.9. The van der Waals surface area contributed by atoms with Crippen LogP contribution in [0.5, 0.6) is 11.5 Å². The summed E-state index contributed by atoms with van der Waals surface area (Å²) >= 11 is 0. The van der Waals surface area contributed by atoms with Crippen molar-refractivity contribution in [2.75, 3.05) is 18.4 Å². The first-order valence-corrected chi connectivity index (χ1v) is 11.2. The Labute approximate surface area is 199 Å². The van der Waals surface area contributed by atoms with E-state index in [-0.39, 0.29) is 24.4 Å². The summed E-state index contributed by atoms with van der Waals surface area (Å²) in [5.74, 6) is 0.884. The summed E-state index contributed by atoms with van der Waals surface area (Å²) in [4.78, 5) is 36.4. The van der Waals surface area contributed by atoms with Crippen LogP contribution < -0.4 is 26.0 Å². The van der Waals surface area contributed by atoms with Crippen LogP contribution in [0.3, 0.4) is 0 Å². The highest BCUT2D eigenvalue weighted by Crippen LogP contribution is 2.23. The molecule has 9 nitrogen and oxygen atoms in total. The molecule has 2 aromatic rings. The van der Waals surface area contributed by atoms with Crippen LogP contribution in [-0.4, -0.2) is 48.7 Å². The van der Waals surface area contributed by atoms with Gasteiger partial charge in [0, 0.05) is 18.3 Å². The number of hydrogen-bond acceptors (Lipinski definition) is 6. The van der Waals surface area contributed by atoms with Crippen molar-refractivity contribution < 1.29 is 23.9 Å². The summed E-state index contributed by atoms with van der Waals surface area (Å²) in [6.45, 7) is 7.51. The van der Waals surface area contributed by atoms with Gasteiger partial charge in [-0.2, -0.15) is 0 Å². The number of anilines is 1.